The molecule has 1 aromatic heterocycles. The number of nitrogens with zero attached hydrogens (tertiary/aromatic N) is 2. The van der Waals surface area contributed by atoms with E-state index in [0.717, 1.165) is 6.42 Å². The highest BCUT2D eigenvalue weighted by molar-refractivity contribution is 9.10. The Kier molecular flexibility index (Phi) is 4.88. The summed E-state index contributed by atoms with van der Waals surface area (Å²) < 4.78 is 30.3. The highest BCUT2D eigenvalue weighted by atomic mass is 79.9. The van der Waals surface area contributed by atoms with Crippen molar-refractivity contribution in [2.24, 2.45) is 7.05 Å². The van der Waals surface area contributed by atoms with Gasteiger partial charge in [0.05, 0.1) is 22.5 Å². The molecule has 0 aliphatic carbocycles. The summed E-state index contributed by atoms with van der Waals surface area (Å²) in [6, 6.07) is 2.02. The van der Waals surface area contributed by atoms with Gasteiger partial charge in [-0.1, -0.05) is 6.92 Å². The molecule has 0 radical (unpaired) electrons. The first-order valence-corrected chi connectivity index (χ1v) is 7.18. The van der Waals surface area contributed by atoms with E-state index in [0.29, 0.717) is 12.2 Å². The molecule has 0 aliphatic heterocycles. The number of imidazole rings is 1. The van der Waals surface area contributed by atoms with E-state index >= 15 is 0 Å². The van der Waals surface area contributed by atoms with Crippen molar-refractivity contribution in [2.45, 2.75) is 19.4 Å². The average Bonchev–Trinajstić information content (AvgIpc) is 2.84. The Morgan fingerprint density at radius 2 is 2.15 bits per heavy atom. The smallest absolute Gasteiger partial charge is 0.145 e. The van der Waals surface area contributed by atoms with Crippen LogP contribution in [-0.2, 0) is 7.05 Å². The van der Waals surface area contributed by atoms with Crippen LogP contribution in [0.3, 0.4) is 0 Å². The molecule has 20 heavy (non-hydrogen) atoms. The van der Waals surface area contributed by atoms with Crippen LogP contribution in [-0.4, -0.2) is 16.1 Å². The summed E-state index contributed by atoms with van der Waals surface area (Å²) in [6.45, 7) is 2.64. The lowest BCUT2D eigenvalue weighted by Gasteiger charge is -2.19. The van der Waals surface area contributed by atoms with Gasteiger partial charge in [0.1, 0.15) is 11.6 Å². The van der Waals surface area contributed by atoms with Crippen LogP contribution >= 0.6 is 15.9 Å². The zero-order valence-corrected chi connectivity index (χ0v) is 12.9. The number of benzene rings is 1. The summed E-state index contributed by atoms with van der Waals surface area (Å²) in [4.78, 5) is 4.21. The minimum atomic E-state index is -0.603. The van der Waals surface area contributed by atoms with Crippen molar-refractivity contribution in [1.29, 1.82) is 0 Å². The molecule has 2 aromatic rings. The topological polar surface area (TPSA) is 29.9 Å². The van der Waals surface area contributed by atoms with Crippen LogP contribution in [0.25, 0.3) is 0 Å². The first-order valence-electron chi connectivity index (χ1n) is 6.39. The Hall–Kier alpha value is -1.27. The first kappa shape index (κ1) is 15.1. The second kappa shape index (κ2) is 6.45. The van der Waals surface area contributed by atoms with Crippen molar-refractivity contribution in [1.82, 2.24) is 14.9 Å². The van der Waals surface area contributed by atoms with E-state index < -0.39 is 17.7 Å². The number of rotatable bonds is 5. The third kappa shape index (κ3) is 3.07. The van der Waals surface area contributed by atoms with E-state index in [4.69, 9.17) is 0 Å². The molecule has 0 bridgehead atoms. The van der Waals surface area contributed by atoms with Crippen molar-refractivity contribution in [3.05, 3.63) is 52.0 Å². The highest BCUT2D eigenvalue weighted by Gasteiger charge is 2.24. The van der Waals surface area contributed by atoms with Crippen LogP contribution in [0, 0.1) is 11.6 Å². The molecular formula is C14H16BrF2N3. The number of hydrogen-bond acceptors (Lipinski definition) is 2. The molecule has 2 rings (SSSR count). The van der Waals surface area contributed by atoms with Crippen LogP contribution < -0.4 is 5.32 Å². The lowest BCUT2D eigenvalue weighted by atomic mass is 10.0. The quantitative estimate of drug-likeness (QED) is 0.841. The van der Waals surface area contributed by atoms with E-state index in [1.54, 1.807) is 17.1 Å². The monoisotopic (exact) mass is 343 g/mol. The first-order chi connectivity index (χ1) is 9.54. The van der Waals surface area contributed by atoms with E-state index in [-0.39, 0.29) is 10.0 Å². The van der Waals surface area contributed by atoms with Crippen molar-refractivity contribution in [3.8, 4) is 0 Å². The predicted molar refractivity (Wildman–Crippen MR) is 77.4 cm³/mol. The maximum Gasteiger partial charge on any atom is 0.145 e. The van der Waals surface area contributed by atoms with Crippen LogP contribution in [0.1, 0.15) is 30.6 Å². The fourth-order valence-electron chi connectivity index (χ4n) is 2.03. The standard InChI is InChI=1S/C14H16BrF2N3/c1-3-6-18-14(11-7-20(2)8-19-11)12-10(16)5-4-9(15)13(12)17/h4-5,7-8,14,18H,3,6H2,1-2H3. The van der Waals surface area contributed by atoms with E-state index in [1.165, 1.54) is 12.1 Å². The van der Waals surface area contributed by atoms with Gasteiger partial charge in [0.15, 0.2) is 0 Å². The largest absolute Gasteiger partial charge is 0.340 e. The van der Waals surface area contributed by atoms with Gasteiger partial charge in [0, 0.05) is 18.8 Å². The molecule has 3 nitrogen and oxygen atoms in total. The second-order valence-corrected chi connectivity index (χ2v) is 5.46. The van der Waals surface area contributed by atoms with E-state index in [2.05, 4.69) is 26.2 Å². The number of aryl methyl sites for hydroxylation is 1. The third-order valence-electron chi connectivity index (χ3n) is 2.99. The molecule has 0 saturated carbocycles. The number of halogens is 3. The molecule has 0 saturated heterocycles. The third-order valence-corrected chi connectivity index (χ3v) is 3.60. The summed E-state index contributed by atoms with van der Waals surface area (Å²) in [5, 5.41) is 3.15. The summed E-state index contributed by atoms with van der Waals surface area (Å²) in [6.07, 6.45) is 4.23. The lowest BCUT2D eigenvalue weighted by Crippen LogP contribution is -2.25. The molecule has 0 aliphatic rings. The molecule has 1 heterocycles. The molecule has 1 aromatic carbocycles. The maximum absolute atomic E-state index is 14.3. The van der Waals surface area contributed by atoms with Gasteiger partial charge in [0.2, 0.25) is 0 Å². The molecule has 0 amide bonds. The van der Waals surface area contributed by atoms with Crippen molar-refractivity contribution < 1.29 is 8.78 Å². The number of nitrogens with one attached hydrogen (secondary N) is 1. The second-order valence-electron chi connectivity index (χ2n) is 4.61. The molecule has 1 atom stereocenters. The van der Waals surface area contributed by atoms with Crippen LogP contribution in [0.5, 0.6) is 0 Å². The summed E-state index contributed by atoms with van der Waals surface area (Å²) >= 11 is 3.10. The number of aromatic nitrogens is 2. The molecule has 0 fully saturated rings. The minimum Gasteiger partial charge on any atom is -0.340 e. The molecular weight excluding hydrogens is 328 g/mol. The Labute approximate surface area is 125 Å². The predicted octanol–water partition coefficient (Wildman–Crippen LogP) is 3.55. The van der Waals surface area contributed by atoms with Gasteiger partial charge in [-0.05, 0) is 41.0 Å². The Bertz CT molecular complexity index is 598. The molecule has 6 heteroatoms. The van der Waals surface area contributed by atoms with Gasteiger partial charge >= 0.3 is 0 Å². The van der Waals surface area contributed by atoms with Crippen LogP contribution in [0.15, 0.2) is 29.1 Å². The summed E-state index contributed by atoms with van der Waals surface area (Å²) in [5.74, 6) is -1.17. The van der Waals surface area contributed by atoms with Gasteiger partial charge in [-0.3, -0.25) is 0 Å². The average molecular weight is 344 g/mol. The highest BCUT2D eigenvalue weighted by Crippen LogP contribution is 2.30. The van der Waals surface area contributed by atoms with Gasteiger partial charge in [-0.2, -0.15) is 0 Å². The Morgan fingerprint density at radius 1 is 1.40 bits per heavy atom. The van der Waals surface area contributed by atoms with Gasteiger partial charge in [0.25, 0.3) is 0 Å². The minimum absolute atomic E-state index is 0.00785. The molecule has 0 spiro atoms. The van der Waals surface area contributed by atoms with E-state index in [1.807, 2.05) is 14.0 Å². The van der Waals surface area contributed by atoms with E-state index in [9.17, 15) is 8.78 Å². The van der Waals surface area contributed by atoms with Crippen molar-refractivity contribution in [3.63, 3.8) is 0 Å². The van der Waals surface area contributed by atoms with Gasteiger partial charge in [-0.15, -0.1) is 0 Å². The zero-order chi connectivity index (χ0) is 14.7. The van der Waals surface area contributed by atoms with Crippen LogP contribution in [0.4, 0.5) is 8.78 Å². The number of hydrogen-bond donors (Lipinski definition) is 1. The summed E-state index contributed by atoms with van der Waals surface area (Å²) in [7, 11) is 1.82. The lowest BCUT2D eigenvalue weighted by molar-refractivity contribution is 0.495. The normalized spacial score (nSPS) is 12.7. The molecule has 108 valence electrons. The maximum atomic E-state index is 14.3. The summed E-state index contributed by atoms with van der Waals surface area (Å²) in [5.41, 5.74) is 0.586. The van der Waals surface area contributed by atoms with Crippen LogP contribution in [0.2, 0.25) is 0 Å². The molecule has 1 N–H and O–H groups in total. The SMILES string of the molecule is CCCNC(c1cn(C)cn1)c1c(F)ccc(Br)c1F. The fraction of sp³-hybridized carbons (Fsp3) is 0.357. The van der Waals surface area contributed by atoms with Crippen molar-refractivity contribution in [2.75, 3.05) is 6.54 Å². The fourth-order valence-corrected chi connectivity index (χ4v) is 2.38. The molecule has 1 unspecified atom stereocenters. The Morgan fingerprint density at radius 3 is 2.75 bits per heavy atom. The zero-order valence-electron chi connectivity index (χ0n) is 11.3. The van der Waals surface area contributed by atoms with Gasteiger partial charge < -0.3 is 9.88 Å². The van der Waals surface area contributed by atoms with Crippen molar-refractivity contribution >= 4 is 15.9 Å². The van der Waals surface area contributed by atoms with Gasteiger partial charge in [-0.25, -0.2) is 13.8 Å². The Balaban J connectivity index is 2.49.